The number of anilines is 1. The first-order valence-corrected chi connectivity index (χ1v) is 4.73. The minimum absolute atomic E-state index is 0.0150. The highest BCUT2D eigenvalue weighted by Crippen LogP contribution is 2.25. The molecule has 0 fully saturated rings. The van der Waals surface area contributed by atoms with Gasteiger partial charge >= 0.3 is 0 Å². The fraction of sp³-hybridized carbons (Fsp3) is 0.300. The molecule has 0 radical (unpaired) electrons. The van der Waals surface area contributed by atoms with Crippen molar-refractivity contribution in [1.29, 1.82) is 0 Å². The monoisotopic (exact) mass is 230 g/mol. The van der Waals surface area contributed by atoms with Crippen molar-refractivity contribution in [2.45, 2.75) is 6.42 Å². The summed E-state index contributed by atoms with van der Waals surface area (Å²) in [7, 11) is 3.22. The molecule has 1 amide bonds. The van der Waals surface area contributed by atoms with Gasteiger partial charge < -0.3 is 10.6 Å². The Morgan fingerprint density at radius 2 is 2.13 bits per heavy atom. The molecule has 0 saturated heterocycles. The fourth-order valence-corrected chi connectivity index (χ4v) is 1.25. The van der Waals surface area contributed by atoms with Crippen LogP contribution in [0.4, 0.5) is 10.1 Å². The maximum absolute atomic E-state index is 13.5. The van der Waals surface area contributed by atoms with Crippen LogP contribution in [0.3, 0.4) is 0 Å². The van der Waals surface area contributed by atoms with E-state index in [4.69, 9.17) is 17.3 Å². The third kappa shape index (κ3) is 2.59. The van der Waals surface area contributed by atoms with Gasteiger partial charge in [-0.1, -0.05) is 17.7 Å². The van der Waals surface area contributed by atoms with E-state index in [1.807, 2.05) is 0 Å². The lowest BCUT2D eigenvalue weighted by Crippen LogP contribution is -2.24. The van der Waals surface area contributed by atoms with Crippen molar-refractivity contribution in [2.24, 2.45) is 0 Å². The average molecular weight is 231 g/mol. The molecule has 0 bridgehead atoms. The van der Waals surface area contributed by atoms with E-state index in [9.17, 15) is 9.18 Å². The van der Waals surface area contributed by atoms with Crippen LogP contribution in [0, 0.1) is 5.82 Å². The fourth-order valence-electron chi connectivity index (χ4n) is 1.06. The van der Waals surface area contributed by atoms with Crippen LogP contribution < -0.4 is 5.73 Å². The van der Waals surface area contributed by atoms with Gasteiger partial charge in [0.05, 0.1) is 17.1 Å². The summed E-state index contributed by atoms with van der Waals surface area (Å²) in [6, 6.07) is 2.96. The first-order chi connectivity index (χ1) is 6.93. The lowest BCUT2D eigenvalue weighted by atomic mass is 10.1. The van der Waals surface area contributed by atoms with Crippen molar-refractivity contribution in [3.63, 3.8) is 0 Å². The van der Waals surface area contributed by atoms with Crippen molar-refractivity contribution in [1.82, 2.24) is 4.90 Å². The molecular weight excluding hydrogens is 219 g/mol. The first-order valence-electron chi connectivity index (χ1n) is 4.36. The van der Waals surface area contributed by atoms with Crippen LogP contribution in [0.1, 0.15) is 5.56 Å². The molecule has 2 N–H and O–H groups in total. The lowest BCUT2D eigenvalue weighted by molar-refractivity contribution is -0.128. The van der Waals surface area contributed by atoms with Crippen LogP contribution in [-0.4, -0.2) is 24.9 Å². The maximum atomic E-state index is 13.5. The molecule has 0 spiro atoms. The van der Waals surface area contributed by atoms with E-state index >= 15 is 0 Å². The number of nitrogens with two attached hydrogens (primary N) is 1. The molecule has 0 aromatic heterocycles. The van der Waals surface area contributed by atoms with Crippen LogP contribution in [0.5, 0.6) is 0 Å². The van der Waals surface area contributed by atoms with Crippen molar-refractivity contribution in [3.8, 4) is 0 Å². The van der Waals surface area contributed by atoms with Gasteiger partial charge in [-0.15, -0.1) is 0 Å². The number of hydrogen-bond donors (Lipinski definition) is 1. The molecule has 0 unspecified atom stereocenters. The number of rotatable bonds is 2. The number of hydrogen-bond acceptors (Lipinski definition) is 2. The molecular formula is C10H12ClFN2O. The SMILES string of the molecule is CN(C)C(=O)Cc1ccc(N)c(Cl)c1F. The van der Waals surface area contributed by atoms with E-state index in [0.29, 0.717) is 0 Å². The van der Waals surface area contributed by atoms with E-state index in [2.05, 4.69) is 0 Å². The smallest absolute Gasteiger partial charge is 0.226 e. The predicted molar refractivity (Wildman–Crippen MR) is 58.2 cm³/mol. The summed E-state index contributed by atoms with van der Waals surface area (Å²) in [6.45, 7) is 0. The summed E-state index contributed by atoms with van der Waals surface area (Å²) in [4.78, 5) is 12.7. The molecule has 0 aliphatic rings. The summed E-state index contributed by atoms with van der Waals surface area (Å²) in [6.07, 6.45) is -0.0150. The van der Waals surface area contributed by atoms with Gasteiger partial charge in [0.25, 0.3) is 0 Å². The number of nitrogen functional groups attached to an aromatic ring is 1. The Balaban J connectivity index is 2.97. The minimum atomic E-state index is -0.619. The molecule has 1 rings (SSSR count). The number of amides is 1. The van der Waals surface area contributed by atoms with Gasteiger partial charge in [-0.2, -0.15) is 0 Å². The second-order valence-electron chi connectivity index (χ2n) is 3.41. The highest BCUT2D eigenvalue weighted by atomic mass is 35.5. The molecule has 1 aromatic rings. The third-order valence-electron chi connectivity index (χ3n) is 2.03. The normalized spacial score (nSPS) is 10.1. The molecule has 0 saturated carbocycles. The predicted octanol–water partition coefficient (Wildman–Crippen LogP) is 1.69. The summed E-state index contributed by atoms with van der Waals surface area (Å²) in [5.41, 5.74) is 5.85. The van der Waals surface area contributed by atoms with E-state index in [0.717, 1.165) is 0 Å². The van der Waals surface area contributed by atoms with E-state index in [-0.39, 0.29) is 28.6 Å². The molecule has 5 heteroatoms. The molecule has 0 atom stereocenters. The summed E-state index contributed by atoms with van der Waals surface area (Å²) >= 11 is 5.62. The van der Waals surface area contributed by atoms with Gasteiger partial charge in [-0.3, -0.25) is 4.79 Å². The third-order valence-corrected chi connectivity index (χ3v) is 2.42. The molecule has 3 nitrogen and oxygen atoms in total. The zero-order valence-electron chi connectivity index (χ0n) is 8.55. The van der Waals surface area contributed by atoms with Crippen molar-refractivity contribution >= 4 is 23.2 Å². The summed E-state index contributed by atoms with van der Waals surface area (Å²) < 4.78 is 13.5. The number of carbonyl (C=O) groups excluding carboxylic acids is 1. The highest BCUT2D eigenvalue weighted by molar-refractivity contribution is 6.33. The van der Waals surface area contributed by atoms with Crippen LogP contribution in [0.15, 0.2) is 12.1 Å². The van der Waals surface area contributed by atoms with Crippen LogP contribution in [0.25, 0.3) is 0 Å². The summed E-state index contributed by atoms with van der Waals surface area (Å²) in [5, 5.41) is -0.126. The minimum Gasteiger partial charge on any atom is -0.397 e. The Bertz CT molecular complexity index is 393. The maximum Gasteiger partial charge on any atom is 0.226 e. The largest absolute Gasteiger partial charge is 0.397 e. The van der Waals surface area contributed by atoms with Gasteiger partial charge in [0.2, 0.25) is 5.91 Å². The second-order valence-corrected chi connectivity index (χ2v) is 3.78. The average Bonchev–Trinajstić information content (AvgIpc) is 2.18. The van der Waals surface area contributed by atoms with Crippen LogP contribution in [0.2, 0.25) is 5.02 Å². The zero-order chi connectivity index (χ0) is 11.6. The molecule has 0 heterocycles. The van der Waals surface area contributed by atoms with Gasteiger partial charge in [0.15, 0.2) is 0 Å². The molecule has 1 aromatic carbocycles. The van der Waals surface area contributed by atoms with Gasteiger partial charge in [-0.05, 0) is 11.6 Å². The molecule has 0 aliphatic heterocycles. The van der Waals surface area contributed by atoms with E-state index in [1.54, 1.807) is 14.1 Å². The Labute approximate surface area is 92.6 Å². The number of halogens is 2. The van der Waals surface area contributed by atoms with Crippen molar-refractivity contribution < 1.29 is 9.18 Å². The Morgan fingerprint density at radius 1 is 1.53 bits per heavy atom. The van der Waals surface area contributed by atoms with E-state index < -0.39 is 5.82 Å². The number of carbonyl (C=O) groups is 1. The number of nitrogens with zero attached hydrogens (tertiary/aromatic N) is 1. The second kappa shape index (κ2) is 4.49. The molecule has 15 heavy (non-hydrogen) atoms. The van der Waals surface area contributed by atoms with Gasteiger partial charge in [0, 0.05) is 14.1 Å². The Kier molecular flexibility index (Phi) is 3.52. The van der Waals surface area contributed by atoms with E-state index in [1.165, 1.54) is 17.0 Å². The Morgan fingerprint density at radius 3 is 2.67 bits per heavy atom. The lowest BCUT2D eigenvalue weighted by Gasteiger charge is -2.11. The summed E-state index contributed by atoms with van der Waals surface area (Å²) in [5.74, 6) is -0.804. The zero-order valence-corrected chi connectivity index (χ0v) is 9.31. The molecule has 82 valence electrons. The van der Waals surface area contributed by atoms with Gasteiger partial charge in [0.1, 0.15) is 5.82 Å². The Hall–Kier alpha value is -1.29. The van der Waals surface area contributed by atoms with Crippen LogP contribution >= 0.6 is 11.6 Å². The first kappa shape index (κ1) is 11.8. The quantitative estimate of drug-likeness (QED) is 0.786. The molecule has 0 aliphatic carbocycles. The van der Waals surface area contributed by atoms with Gasteiger partial charge in [-0.25, -0.2) is 4.39 Å². The van der Waals surface area contributed by atoms with Crippen LogP contribution in [-0.2, 0) is 11.2 Å². The highest BCUT2D eigenvalue weighted by Gasteiger charge is 2.13. The number of benzene rings is 1. The standard InChI is InChI=1S/C10H12ClFN2O/c1-14(2)8(15)5-6-3-4-7(13)9(11)10(6)12/h3-4H,5,13H2,1-2H3. The topological polar surface area (TPSA) is 46.3 Å². The van der Waals surface area contributed by atoms with Crippen molar-refractivity contribution in [2.75, 3.05) is 19.8 Å². The van der Waals surface area contributed by atoms with Crippen molar-refractivity contribution in [3.05, 3.63) is 28.5 Å². The number of likely N-dealkylation sites (N-methyl/N-ethyl adjacent to an activating group) is 1.